The first-order valence-corrected chi connectivity index (χ1v) is 9.99. The molecule has 30 heavy (non-hydrogen) atoms. The summed E-state index contributed by atoms with van der Waals surface area (Å²) in [5.41, 5.74) is 3.75. The van der Waals surface area contributed by atoms with E-state index >= 15 is 0 Å². The molecule has 1 aliphatic rings. The van der Waals surface area contributed by atoms with Crippen LogP contribution in [0.3, 0.4) is 0 Å². The minimum Gasteiger partial charge on any atom is -0.312 e. The molecular weight excluding hydrogens is 389 g/mol. The molecule has 3 nitrogen and oxygen atoms in total. The Hall–Kier alpha value is -2.89. The molecular formula is C24H25F3N2O. The van der Waals surface area contributed by atoms with Gasteiger partial charge in [0.1, 0.15) is 5.69 Å². The number of alkyl halides is 3. The molecule has 1 amide bonds. The maximum Gasteiger partial charge on any atom is 0.433 e. The van der Waals surface area contributed by atoms with E-state index in [9.17, 15) is 18.0 Å². The van der Waals surface area contributed by atoms with E-state index < -0.39 is 11.9 Å². The van der Waals surface area contributed by atoms with Crippen LogP contribution < -0.4 is 4.90 Å². The number of rotatable bonds is 6. The Labute approximate surface area is 174 Å². The van der Waals surface area contributed by atoms with Crippen molar-refractivity contribution in [3.8, 4) is 0 Å². The average molecular weight is 414 g/mol. The zero-order valence-electron chi connectivity index (χ0n) is 17.2. The number of nitrogens with zero attached hydrogens (tertiary/aromatic N) is 2. The van der Waals surface area contributed by atoms with Gasteiger partial charge in [-0.05, 0) is 73.6 Å². The molecule has 1 aromatic carbocycles. The third-order valence-electron chi connectivity index (χ3n) is 5.27. The lowest BCUT2D eigenvalue weighted by Gasteiger charge is -2.24. The summed E-state index contributed by atoms with van der Waals surface area (Å²) in [4.78, 5) is 18.3. The normalized spacial score (nSPS) is 13.8. The van der Waals surface area contributed by atoms with Crippen LogP contribution in [0.25, 0.3) is 0 Å². The van der Waals surface area contributed by atoms with Crippen molar-refractivity contribution in [1.29, 1.82) is 0 Å². The Morgan fingerprint density at radius 2 is 1.90 bits per heavy atom. The lowest BCUT2D eigenvalue weighted by molar-refractivity contribution is -0.141. The quantitative estimate of drug-likeness (QED) is 0.584. The van der Waals surface area contributed by atoms with Crippen LogP contribution in [-0.4, -0.2) is 17.4 Å². The molecule has 1 aliphatic carbocycles. The number of aromatic nitrogens is 1. The fourth-order valence-electron chi connectivity index (χ4n) is 3.34. The molecule has 0 aliphatic heterocycles. The van der Waals surface area contributed by atoms with Crippen molar-refractivity contribution in [3.05, 3.63) is 82.7 Å². The van der Waals surface area contributed by atoms with Gasteiger partial charge in [0.25, 0.3) is 0 Å². The molecule has 0 saturated heterocycles. The van der Waals surface area contributed by atoms with Gasteiger partial charge in [0.15, 0.2) is 0 Å². The number of allylic oxidation sites excluding steroid dienone is 3. The van der Waals surface area contributed by atoms with Gasteiger partial charge < -0.3 is 4.90 Å². The van der Waals surface area contributed by atoms with Gasteiger partial charge in [-0.3, -0.25) is 9.78 Å². The predicted octanol–water partition coefficient (Wildman–Crippen LogP) is 5.96. The maximum atomic E-state index is 13.1. The topological polar surface area (TPSA) is 33.2 Å². The molecule has 0 atom stereocenters. The van der Waals surface area contributed by atoms with Crippen molar-refractivity contribution < 1.29 is 18.0 Å². The van der Waals surface area contributed by atoms with Gasteiger partial charge in [-0.15, -0.1) is 0 Å². The van der Waals surface area contributed by atoms with E-state index in [1.807, 2.05) is 38.1 Å². The zero-order chi connectivity index (χ0) is 21.7. The smallest absolute Gasteiger partial charge is 0.312 e. The van der Waals surface area contributed by atoms with Crippen LogP contribution >= 0.6 is 0 Å². The van der Waals surface area contributed by atoms with E-state index in [2.05, 4.69) is 17.1 Å². The number of hydrogen-bond acceptors (Lipinski definition) is 2. The number of benzene rings is 1. The molecule has 3 rings (SSSR count). The molecule has 0 fully saturated rings. The summed E-state index contributed by atoms with van der Waals surface area (Å²) < 4.78 is 38.2. The number of halogens is 3. The van der Waals surface area contributed by atoms with Crippen molar-refractivity contribution in [2.45, 2.75) is 45.7 Å². The van der Waals surface area contributed by atoms with Crippen LogP contribution in [0.2, 0.25) is 0 Å². The lowest BCUT2D eigenvalue weighted by Crippen LogP contribution is -2.33. The number of carbonyl (C=O) groups is 1. The number of hydrogen-bond donors (Lipinski definition) is 0. The molecule has 0 N–H and O–H groups in total. The van der Waals surface area contributed by atoms with E-state index in [1.54, 1.807) is 4.90 Å². The van der Waals surface area contributed by atoms with Crippen LogP contribution in [0.5, 0.6) is 0 Å². The first-order chi connectivity index (χ1) is 14.2. The molecule has 6 heteroatoms. The van der Waals surface area contributed by atoms with Gasteiger partial charge in [-0.1, -0.05) is 30.4 Å². The van der Waals surface area contributed by atoms with E-state index in [0.29, 0.717) is 24.9 Å². The molecule has 0 spiro atoms. The second-order valence-corrected chi connectivity index (χ2v) is 7.55. The molecule has 1 heterocycles. The molecule has 0 bridgehead atoms. The molecule has 158 valence electrons. The van der Waals surface area contributed by atoms with Crippen LogP contribution in [-0.2, 0) is 17.4 Å². The van der Waals surface area contributed by atoms with Gasteiger partial charge in [0.2, 0.25) is 5.91 Å². The third kappa shape index (κ3) is 5.59. The fraction of sp³-hybridized carbons (Fsp3) is 0.333. The highest BCUT2D eigenvalue weighted by molar-refractivity contribution is 5.95. The number of pyridine rings is 1. The SMILES string of the molecule is Cc1ccc(N(CCc2ccc(C(F)(F)F)nc2)C(=O)CC2=CCCC=C2)cc1C. The third-order valence-corrected chi connectivity index (χ3v) is 5.27. The van der Waals surface area contributed by atoms with Crippen LogP contribution in [0.1, 0.15) is 41.6 Å². The van der Waals surface area contributed by atoms with Crippen molar-refractivity contribution in [2.75, 3.05) is 11.4 Å². The van der Waals surface area contributed by atoms with Gasteiger partial charge in [0.05, 0.1) is 6.42 Å². The summed E-state index contributed by atoms with van der Waals surface area (Å²) >= 11 is 0. The minimum atomic E-state index is -4.46. The summed E-state index contributed by atoms with van der Waals surface area (Å²) in [5.74, 6) is -0.0316. The maximum absolute atomic E-state index is 13.1. The highest BCUT2D eigenvalue weighted by Crippen LogP contribution is 2.27. The molecule has 0 unspecified atom stereocenters. The molecule has 0 radical (unpaired) electrons. The minimum absolute atomic E-state index is 0.0316. The van der Waals surface area contributed by atoms with Gasteiger partial charge in [-0.25, -0.2) is 0 Å². The van der Waals surface area contributed by atoms with Gasteiger partial charge in [0, 0.05) is 18.4 Å². The highest BCUT2D eigenvalue weighted by atomic mass is 19.4. The largest absolute Gasteiger partial charge is 0.433 e. The van der Waals surface area contributed by atoms with Crippen molar-refractivity contribution >= 4 is 11.6 Å². The van der Waals surface area contributed by atoms with E-state index in [0.717, 1.165) is 41.3 Å². The summed E-state index contributed by atoms with van der Waals surface area (Å²) in [6, 6.07) is 8.27. The molecule has 1 aromatic heterocycles. The van der Waals surface area contributed by atoms with Crippen molar-refractivity contribution in [2.24, 2.45) is 0 Å². The van der Waals surface area contributed by atoms with Crippen LogP contribution in [0.4, 0.5) is 18.9 Å². The fourth-order valence-corrected chi connectivity index (χ4v) is 3.34. The van der Waals surface area contributed by atoms with Gasteiger partial charge >= 0.3 is 6.18 Å². The Morgan fingerprint density at radius 1 is 1.10 bits per heavy atom. The van der Waals surface area contributed by atoms with Crippen molar-refractivity contribution in [3.63, 3.8) is 0 Å². The Kier molecular flexibility index (Phi) is 6.75. The number of carbonyl (C=O) groups excluding carboxylic acids is 1. The predicted molar refractivity (Wildman–Crippen MR) is 112 cm³/mol. The Balaban J connectivity index is 1.78. The second kappa shape index (κ2) is 9.28. The molecule has 0 saturated carbocycles. The lowest BCUT2D eigenvalue weighted by atomic mass is 10.0. The van der Waals surface area contributed by atoms with E-state index in [1.165, 1.54) is 12.3 Å². The summed E-state index contributed by atoms with van der Waals surface area (Å²) in [6.45, 7) is 4.37. The average Bonchev–Trinajstić information content (AvgIpc) is 2.71. The first kappa shape index (κ1) is 21.8. The number of anilines is 1. The van der Waals surface area contributed by atoms with Crippen LogP contribution in [0.15, 0.2) is 60.3 Å². The molecule has 2 aromatic rings. The zero-order valence-corrected chi connectivity index (χ0v) is 17.2. The van der Waals surface area contributed by atoms with Crippen LogP contribution in [0, 0.1) is 13.8 Å². The van der Waals surface area contributed by atoms with Crippen molar-refractivity contribution in [1.82, 2.24) is 4.98 Å². The second-order valence-electron chi connectivity index (χ2n) is 7.55. The number of aryl methyl sites for hydroxylation is 2. The highest BCUT2D eigenvalue weighted by Gasteiger charge is 2.32. The Morgan fingerprint density at radius 3 is 2.50 bits per heavy atom. The number of amides is 1. The summed E-state index contributed by atoms with van der Waals surface area (Å²) in [7, 11) is 0. The van der Waals surface area contributed by atoms with E-state index in [-0.39, 0.29) is 5.91 Å². The monoisotopic (exact) mass is 414 g/mol. The first-order valence-electron chi connectivity index (χ1n) is 9.99. The van der Waals surface area contributed by atoms with Gasteiger partial charge in [-0.2, -0.15) is 13.2 Å². The van der Waals surface area contributed by atoms with E-state index in [4.69, 9.17) is 0 Å². The Bertz CT molecular complexity index is 959. The standard InChI is InChI=1S/C24H25F3N2O/c1-17-8-10-21(14-18(17)2)29(23(30)15-19-6-4-3-5-7-19)13-12-20-9-11-22(28-16-20)24(25,26)27/h4,6-11,14,16H,3,5,12-13,15H2,1-2H3. The summed E-state index contributed by atoms with van der Waals surface area (Å²) in [5, 5.41) is 0. The summed E-state index contributed by atoms with van der Waals surface area (Å²) in [6.07, 6.45) is 5.54.